The minimum absolute atomic E-state index is 0.00478. The van der Waals surface area contributed by atoms with Crippen LogP contribution < -0.4 is 38.5 Å². The number of aromatic amines is 4. The smallest absolute Gasteiger partial charge is 0.324 e. The van der Waals surface area contributed by atoms with E-state index in [9.17, 15) is 23.6 Å². The Morgan fingerprint density at radius 2 is 0.861 bits per heavy atom. The van der Waals surface area contributed by atoms with Crippen LogP contribution in [0.5, 0.6) is 23.0 Å². The van der Waals surface area contributed by atoms with Crippen molar-refractivity contribution in [2.75, 3.05) is 107 Å². The second-order valence-corrected chi connectivity index (χ2v) is 26.3. The van der Waals surface area contributed by atoms with E-state index >= 15 is 0 Å². The number of carbonyl (C=O) groups is 4. The summed E-state index contributed by atoms with van der Waals surface area (Å²) in [5, 5.41) is 28.4. The molecule has 4 fully saturated rings. The van der Waals surface area contributed by atoms with Crippen LogP contribution in [-0.2, 0) is 26.1 Å². The van der Waals surface area contributed by atoms with Gasteiger partial charge in [0.25, 0.3) is 0 Å². The molecule has 552 valence electrons. The Morgan fingerprint density at radius 3 is 1.33 bits per heavy atom. The third-order valence-electron chi connectivity index (χ3n) is 18.9. The van der Waals surface area contributed by atoms with Gasteiger partial charge in [0.15, 0.2) is 0 Å². The number of amides is 8. The number of urea groups is 4. The summed E-state index contributed by atoms with van der Waals surface area (Å²) in [5.41, 5.74) is 14.7. The van der Waals surface area contributed by atoms with Crippen molar-refractivity contribution in [3.05, 3.63) is 258 Å². The molecule has 4 saturated heterocycles. The molecule has 0 unspecified atom stereocenters. The van der Waals surface area contributed by atoms with Crippen molar-refractivity contribution in [3.8, 4) is 67.5 Å². The average molecular weight is 1500 g/mol. The SMILES string of the molecule is COc1cc(N2CCN(CCc3ccccc3Cl)C2=O)ccc1-c1cn[nH]c1.COc1cc(N2CCN(Cc3ccc(F)cc3)C2=O)ccc1-c1cn[nH]c1.COc1cc(N2CCN(Cc3cccnc3)C2=O)ccc1-c1cn[nH]c1.COc1cccc(CN2CCN(c3ccc(-c4cn[nH]c4)cc3Cl)C2=O)c1. The maximum absolute atomic E-state index is 13.1. The van der Waals surface area contributed by atoms with Crippen LogP contribution in [0.4, 0.5) is 46.3 Å². The molecule has 0 radical (unpaired) electrons. The molecular weight excluding hydrogens is 1420 g/mol. The minimum Gasteiger partial charge on any atom is -0.497 e. The van der Waals surface area contributed by atoms with Crippen molar-refractivity contribution in [1.29, 1.82) is 0 Å². The fraction of sp³-hybridized carbons (Fsp3) is 0.212. The fourth-order valence-electron chi connectivity index (χ4n) is 13.2. The van der Waals surface area contributed by atoms with E-state index in [1.54, 1.807) is 108 Å². The fourth-order valence-corrected chi connectivity index (χ4v) is 13.7. The van der Waals surface area contributed by atoms with Crippen molar-refractivity contribution in [2.45, 2.75) is 26.1 Å². The lowest BCUT2D eigenvalue weighted by Gasteiger charge is -2.20. The van der Waals surface area contributed by atoms with Gasteiger partial charge in [-0.25, -0.2) is 23.6 Å². The van der Waals surface area contributed by atoms with E-state index in [4.69, 9.17) is 42.1 Å². The lowest BCUT2D eigenvalue weighted by Crippen LogP contribution is -2.33. The third-order valence-corrected chi connectivity index (χ3v) is 19.5. The maximum atomic E-state index is 13.1. The molecule has 25 nitrogen and oxygen atoms in total. The zero-order chi connectivity index (χ0) is 75.0. The second-order valence-electron chi connectivity index (χ2n) is 25.4. The van der Waals surface area contributed by atoms with Crippen molar-refractivity contribution >= 4 is 70.1 Å². The summed E-state index contributed by atoms with van der Waals surface area (Å²) in [7, 11) is 6.50. The van der Waals surface area contributed by atoms with Crippen molar-refractivity contribution < 1.29 is 42.5 Å². The van der Waals surface area contributed by atoms with E-state index in [0.717, 1.165) is 107 Å². The van der Waals surface area contributed by atoms with E-state index in [1.165, 1.54) is 12.1 Å². The number of hydrogen-bond donors (Lipinski definition) is 4. The lowest BCUT2D eigenvalue weighted by molar-refractivity contribution is 0.218. The molecule has 4 aliphatic rings. The summed E-state index contributed by atoms with van der Waals surface area (Å²) < 4.78 is 34.9. The molecule has 0 atom stereocenters. The number of benzene rings is 7. The van der Waals surface area contributed by atoms with Gasteiger partial charge in [0.1, 0.15) is 28.8 Å². The van der Waals surface area contributed by atoms with E-state index < -0.39 is 0 Å². The van der Waals surface area contributed by atoms with Crippen LogP contribution in [0.1, 0.15) is 22.3 Å². The first kappa shape index (κ1) is 73.6. The largest absolute Gasteiger partial charge is 0.497 e. The van der Waals surface area contributed by atoms with Gasteiger partial charge in [-0.1, -0.05) is 77.8 Å². The van der Waals surface area contributed by atoms with E-state index in [1.807, 2.05) is 167 Å². The highest BCUT2D eigenvalue weighted by atomic mass is 35.5. The van der Waals surface area contributed by atoms with Gasteiger partial charge in [-0.15, -0.1) is 0 Å². The Balaban J connectivity index is 0.000000127. The van der Waals surface area contributed by atoms with Crippen molar-refractivity contribution in [1.82, 2.24) is 65.4 Å². The second kappa shape index (κ2) is 34.5. The molecular formula is C80H78Cl2FN17O8. The molecule has 108 heavy (non-hydrogen) atoms. The van der Waals surface area contributed by atoms with Crippen LogP contribution >= 0.6 is 23.2 Å². The Kier molecular flexibility index (Phi) is 23.5. The van der Waals surface area contributed by atoms with Gasteiger partial charge in [0.2, 0.25) is 0 Å². The van der Waals surface area contributed by atoms with Gasteiger partial charge in [-0.05, 0) is 119 Å². The number of nitrogens with one attached hydrogen (secondary N) is 4. The average Bonchev–Trinajstić information content (AvgIpc) is 1.64. The first-order valence-electron chi connectivity index (χ1n) is 34.8. The van der Waals surface area contributed by atoms with Crippen molar-refractivity contribution in [3.63, 3.8) is 0 Å². The number of ether oxygens (including phenoxy) is 4. The number of pyridine rings is 1. The number of methoxy groups -OCH3 is 4. The number of carbonyl (C=O) groups excluding carboxylic acids is 4. The van der Waals surface area contributed by atoms with Gasteiger partial charge >= 0.3 is 24.1 Å². The summed E-state index contributed by atoms with van der Waals surface area (Å²) in [6.07, 6.45) is 18.4. The highest BCUT2D eigenvalue weighted by Gasteiger charge is 2.35. The molecule has 0 spiro atoms. The molecule has 4 N–H and O–H groups in total. The van der Waals surface area contributed by atoms with Crippen LogP contribution in [0, 0.1) is 5.82 Å². The predicted molar refractivity (Wildman–Crippen MR) is 413 cm³/mol. The summed E-state index contributed by atoms with van der Waals surface area (Å²) in [4.78, 5) is 69.8. The molecule has 16 rings (SSSR count). The Labute approximate surface area is 632 Å². The number of rotatable bonds is 21. The number of aromatic nitrogens is 9. The molecule has 7 aromatic carbocycles. The normalized spacial score (nSPS) is 14.1. The monoisotopic (exact) mass is 1490 g/mol. The summed E-state index contributed by atoms with van der Waals surface area (Å²) in [5.74, 6) is 2.61. The first-order valence-corrected chi connectivity index (χ1v) is 35.6. The number of H-pyrrole nitrogens is 4. The maximum Gasteiger partial charge on any atom is 0.324 e. The van der Waals surface area contributed by atoms with Crippen molar-refractivity contribution in [2.24, 2.45) is 0 Å². The standard InChI is InChI=1S/C21H21ClN4O2.C20H19ClN4O2.C20H19FN4O2.C19H19N5O2/c1-28-20-12-17(6-7-18(20)16-13-23-24-14-16)26-11-10-25(21(26)27)9-8-15-4-2-3-5-19(15)22;1-27-17-4-2-3-14(9-17)13-24-7-8-25(20(24)26)19-6-5-15(10-18(19)21)16-11-22-23-12-16;1-27-19-10-17(6-7-18(19)15-11-22-23-12-15)25-9-8-24(20(25)26)13-14-2-4-16(21)5-3-14;1-26-18-9-16(4-5-17(18)15-11-21-22-12-15)24-8-7-23(19(24)25)13-14-3-2-6-20-10-14/h2-7,12-14H,8-11H2,1H3,(H,23,24);2-6,9-12H,7-8,13H2,1H3,(H,22,23);2-7,10-12H,8-9,13H2,1H3,(H,22,23);2-6,9-12H,7-8,13H2,1H3,(H,21,22). The van der Waals surface area contributed by atoms with Gasteiger partial charge in [-0.3, -0.25) is 45.0 Å². The summed E-state index contributed by atoms with van der Waals surface area (Å²) >= 11 is 12.7. The van der Waals surface area contributed by atoms with Gasteiger partial charge in [0, 0.05) is 195 Å². The molecule has 5 aromatic heterocycles. The number of anilines is 4. The molecule has 28 heteroatoms. The van der Waals surface area contributed by atoms with E-state index in [0.29, 0.717) is 101 Å². The zero-order valence-electron chi connectivity index (χ0n) is 59.7. The third kappa shape index (κ3) is 17.2. The Bertz CT molecular complexity index is 5020. The molecule has 9 heterocycles. The quantitative estimate of drug-likeness (QED) is 0.0522. The predicted octanol–water partition coefficient (Wildman–Crippen LogP) is 15.0. The van der Waals surface area contributed by atoms with Gasteiger partial charge < -0.3 is 38.5 Å². The van der Waals surface area contributed by atoms with Crippen LogP contribution in [0.15, 0.2) is 220 Å². The highest BCUT2D eigenvalue weighted by molar-refractivity contribution is 6.34. The summed E-state index contributed by atoms with van der Waals surface area (Å²) in [6, 6.07) is 48.5. The topological polar surface area (TPSA) is 259 Å². The minimum atomic E-state index is -0.280. The van der Waals surface area contributed by atoms with E-state index in [-0.39, 0.29) is 29.9 Å². The van der Waals surface area contributed by atoms with Crippen LogP contribution in [0.2, 0.25) is 10.0 Å². The number of nitrogens with zero attached hydrogens (tertiary/aromatic N) is 13. The van der Waals surface area contributed by atoms with Gasteiger partial charge in [0.05, 0.1) is 63.9 Å². The molecule has 0 saturated carbocycles. The Hall–Kier alpha value is -12.7. The highest BCUT2D eigenvalue weighted by Crippen LogP contribution is 2.39. The molecule has 4 aliphatic heterocycles. The molecule has 8 amide bonds. The first-order chi connectivity index (χ1) is 52.7. The molecule has 12 aromatic rings. The van der Waals surface area contributed by atoms with Crippen LogP contribution in [0.25, 0.3) is 44.5 Å². The lowest BCUT2D eigenvalue weighted by atomic mass is 10.1. The number of halogens is 3. The van der Waals surface area contributed by atoms with E-state index in [2.05, 4.69) is 45.8 Å². The number of hydrogen-bond acceptors (Lipinski definition) is 13. The van der Waals surface area contributed by atoms with Crippen LogP contribution in [0.3, 0.4) is 0 Å². The Morgan fingerprint density at radius 1 is 0.398 bits per heavy atom. The van der Waals surface area contributed by atoms with Gasteiger partial charge in [-0.2, -0.15) is 20.4 Å². The molecule has 0 bridgehead atoms. The van der Waals surface area contributed by atoms with Crippen LogP contribution in [-0.4, -0.2) is 177 Å². The molecule has 0 aliphatic carbocycles. The zero-order valence-corrected chi connectivity index (χ0v) is 61.2. The summed E-state index contributed by atoms with van der Waals surface area (Å²) in [6.45, 7) is 7.32.